The lowest BCUT2D eigenvalue weighted by atomic mass is 9.89. The summed E-state index contributed by atoms with van der Waals surface area (Å²) in [6.45, 7) is 24.1. The van der Waals surface area contributed by atoms with Crippen LogP contribution in [-0.4, -0.2) is 62.5 Å². The number of benzene rings is 1. The highest BCUT2D eigenvalue weighted by Crippen LogP contribution is 2.58. The van der Waals surface area contributed by atoms with Gasteiger partial charge in [0.2, 0.25) is 0 Å². The largest absolute Gasteiger partial charge is 0.469 e. The third-order valence-corrected chi connectivity index (χ3v) is 20.7. The molecule has 0 bridgehead atoms. The van der Waals surface area contributed by atoms with E-state index in [1.807, 2.05) is 18.2 Å². The second kappa shape index (κ2) is 12.6. The number of rotatable bonds is 11. The summed E-state index contributed by atoms with van der Waals surface area (Å²) in [5.74, 6) is -2.64. The molecule has 2 rings (SSSR count). The summed E-state index contributed by atoms with van der Waals surface area (Å²) in [6.07, 6.45) is 0.152. The molecule has 1 aromatic rings. The Labute approximate surface area is 245 Å². The third-order valence-electron chi connectivity index (χ3n) is 8.31. The van der Waals surface area contributed by atoms with E-state index < -0.39 is 48.3 Å². The summed E-state index contributed by atoms with van der Waals surface area (Å²) in [7, 11) is -2.93. The first-order valence-corrected chi connectivity index (χ1v) is 22.7. The molecule has 0 amide bonds. The van der Waals surface area contributed by atoms with Gasteiger partial charge in [0, 0.05) is 17.9 Å². The molecule has 1 aliphatic rings. The van der Waals surface area contributed by atoms with Gasteiger partial charge in [-0.25, -0.2) is 0 Å². The second-order valence-electron chi connectivity index (χ2n) is 14.1. The van der Waals surface area contributed by atoms with E-state index in [1.54, 1.807) is 18.9 Å². The molecule has 0 heterocycles. The van der Waals surface area contributed by atoms with Crippen LogP contribution >= 0.6 is 11.8 Å². The van der Waals surface area contributed by atoms with Gasteiger partial charge in [-0.05, 0) is 35.3 Å². The van der Waals surface area contributed by atoms with Crippen LogP contribution in [0.25, 0.3) is 0 Å². The van der Waals surface area contributed by atoms with Crippen molar-refractivity contribution in [2.75, 3.05) is 14.2 Å². The van der Waals surface area contributed by atoms with Crippen LogP contribution in [0.5, 0.6) is 0 Å². The molecule has 0 aromatic heterocycles. The number of carbonyl (C=O) groups excluding carboxylic acids is 2. The normalized spacial score (nSPS) is 25.7. The Hall–Kier alpha value is -0.759. The van der Waals surface area contributed by atoms with Gasteiger partial charge in [-0.1, -0.05) is 91.1 Å². The van der Waals surface area contributed by atoms with E-state index in [2.05, 4.69) is 86.4 Å². The van der Waals surface area contributed by atoms with Gasteiger partial charge in [-0.3, -0.25) is 9.59 Å². The molecule has 10 heteroatoms. The summed E-state index contributed by atoms with van der Waals surface area (Å²) in [5.41, 5.74) is 0. The number of hydrogen-bond acceptors (Lipinski definition) is 7. The van der Waals surface area contributed by atoms with Crippen molar-refractivity contribution >= 4 is 49.7 Å². The maximum Gasteiger partial charge on any atom is 0.306 e. The zero-order valence-electron chi connectivity index (χ0n) is 26.5. The quantitative estimate of drug-likeness (QED) is 0.118. The first kappa shape index (κ1) is 34.4. The van der Waals surface area contributed by atoms with Crippen molar-refractivity contribution in [2.24, 2.45) is 11.8 Å². The maximum atomic E-state index is 14.4. The van der Waals surface area contributed by atoms with Gasteiger partial charge >= 0.3 is 5.97 Å². The number of thioether (sulfide) groups is 1. The van der Waals surface area contributed by atoms with Gasteiger partial charge in [0.25, 0.3) is 0 Å². The zero-order valence-corrected chi connectivity index (χ0v) is 30.6. The molecule has 0 spiro atoms. The van der Waals surface area contributed by atoms with Crippen molar-refractivity contribution in [1.82, 2.24) is 0 Å². The van der Waals surface area contributed by atoms with Crippen LogP contribution in [0.4, 0.5) is 0 Å². The number of Topliss-reactive ketones (excluding diaryl/α,β-unsaturated/α-hetero) is 1. The van der Waals surface area contributed by atoms with E-state index in [0.717, 1.165) is 4.90 Å². The average molecular weight is 613 g/mol. The number of methoxy groups -OCH3 is 2. The molecule has 6 nitrogen and oxygen atoms in total. The summed E-state index contributed by atoms with van der Waals surface area (Å²) < 4.78 is 25.0. The fourth-order valence-corrected chi connectivity index (χ4v) is 12.3. The topological polar surface area (TPSA) is 71.1 Å². The fourth-order valence-electron chi connectivity index (χ4n) is 5.03. The van der Waals surface area contributed by atoms with Crippen LogP contribution in [0.3, 0.4) is 0 Å². The summed E-state index contributed by atoms with van der Waals surface area (Å²) in [4.78, 5) is 28.5. The monoisotopic (exact) mass is 612 g/mol. The molecular weight excluding hydrogens is 561 g/mol. The Morgan fingerprint density at radius 1 is 0.974 bits per heavy atom. The Morgan fingerprint density at radius 2 is 1.46 bits per heavy atom. The van der Waals surface area contributed by atoms with Crippen molar-refractivity contribution in [3.8, 4) is 0 Å². The fraction of sp³-hybridized carbons (Fsp3) is 0.724. The predicted molar refractivity (Wildman–Crippen MR) is 169 cm³/mol. The molecule has 5 atom stereocenters. The maximum absolute atomic E-state index is 14.4. The first-order valence-electron chi connectivity index (χ1n) is 14.0. The number of carbonyl (C=O) groups is 2. The molecule has 222 valence electrons. The van der Waals surface area contributed by atoms with Crippen LogP contribution < -0.4 is 0 Å². The van der Waals surface area contributed by atoms with Crippen LogP contribution in [0, 0.1) is 11.8 Å². The van der Waals surface area contributed by atoms with Gasteiger partial charge in [0.1, 0.15) is 10.3 Å². The highest BCUT2D eigenvalue weighted by atomic mass is 32.2. The SMILES string of the molecule is COC(=O)CC1C(C(OC)(Sc2ccccc2)[Si](C)(C)C)C(=O)CC1(O[SiH](C)C(C)(C)C)O[SiH](C)C(C)(C)C. The van der Waals surface area contributed by atoms with E-state index in [0.29, 0.717) is 0 Å². The lowest BCUT2D eigenvalue weighted by Gasteiger charge is -2.50. The van der Waals surface area contributed by atoms with E-state index in [-0.39, 0.29) is 34.7 Å². The Balaban J connectivity index is 2.83. The predicted octanol–water partition coefficient (Wildman–Crippen LogP) is 6.80. The number of esters is 1. The van der Waals surface area contributed by atoms with Gasteiger partial charge in [-0.2, -0.15) is 0 Å². The molecule has 0 radical (unpaired) electrons. The molecule has 5 unspecified atom stereocenters. The van der Waals surface area contributed by atoms with Crippen molar-refractivity contribution in [3.63, 3.8) is 0 Å². The summed E-state index contributed by atoms with van der Waals surface area (Å²) in [5, 5.41) is -0.120. The zero-order chi connectivity index (χ0) is 30.0. The van der Waals surface area contributed by atoms with Crippen molar-refractivity contribution in [3.05, 3.63) is 30.3 Å². The van der Waals surface area contributed by atoms with Gasteiger partial charge in [0.15, 0.2) is 23.9 Å². The first-order chi connectivity index (χ1) is 17.7. The molecule has 1 aromatic carbocycles. The molecule has 1 fully saturated rings. The van der Waals surface area contributed by atoms with Crippen LogP contribution in [0.1, 0.15) is 54.4 Å². The minimum absolute atomic E-state index is 0.0361. The molecular formula is C29H52O6SSi3. The van der Waals surface area contributed by atoms with Gasteiger partial charge in [0.05, 0.1) is 33.9 Å². The minimum atomic E-state index is -2.27. The molecule has 0 saturated heterocycles. The molecule has 1 saturated carbocycles. The second-order valence-corrected chi connectivity index (χ2v) is 27.5. The van der Waals surface area contributed by atoms with Gasteiger partial charge in [-0.15, -0.1) is 0 Å². The molecule has 0 aliphatic heterocycles. The van der Waals surface area contributed by atoms with Crippen molar-refractivity contribution < 1.29 is 27.9 Å². The smallest absolute Gasteiger partial charge is 0.306 e. The number of hydrogen-bond donors (Lipinski definition) is 0. The lowest BCUT2D eigenvalue weighted by Crippen LogP contribution is -2.61. The highest BCUT2D eigenvalue weighted by Gasteiger charge is 2.67. The van der Waals surface area contributed by atoms with Crippen LogP contribution in [0.2, 0.25) is 42.8 Å². The van der Waals surface area contributed by atoms with E-state index in [1.165, 1.54) is 7.11 Å². The van der Waals surface area contributed by atoms with Crippen molar-refractivity contribution in [2.45, 2.75) is 112 Å². The Morgan fingerprint density at radius 3 is 1.85 bits per heavy atom. The molecule has 39 heavy (non-hydrogen) atoms. The lowest BCUT2D eigenvalue weighted by molar-refractivity contribution is -0.174. The van der Waals surface area contributed by atoms with Gasteiger partial charge < -0.3 is 18.3 Å². The molecule has 0 N–H and O–H groups in total. The number of ketones is 1. The van der Waals surface area contributed by atoms with Crippen LogP contribution in [0.15, 0.2) is 35.2 Å². The average Bonchev–Trinajstić information content (AvgIpc) is 3.06. The summed E-state index contributed by atoms with van der Waals surface area (Å²) >= 11 is 1.61. The Bertz CT molecular complexity index is 963. The van der Waals surface area contributed by atoms with Crippen molar-refractivity contribution in [1.29, 1.82) is 0 Å². The minimum Gasteiger partial charge on any atom is -0.469 e. The molecule has 1 aliphatic carbocycles. The summed E-state index contributed by atoms with van der Waals surface area (Å²) in [6, 6.07) is 10.1. The standard InChI is InChI=1S/C29H52O6SSi3/c1-26(2,3)37(9)34-28(35-38(10)27(4,5)6)20-23(30)25(22(28)19-24(31)32-7)29(33-8,39(11,12)13)36-21-17-15-14-16-18-21/h14-18,22,25,37-38H,19-20H2,1-13H3. The van der Waals surface area contributed by atoms with E-state index in [4.69, 9.17) is 18.3 Å². The van der Waals surface area contributed by atoms with E-state index >= 15 is 0 Å². The van der Waals surface area contributed by atoms with Crippen LogP contribution in [-0.2, 0) is 27.9 Å². The third kappa shape index (κ3) is 7.75. The Kier molecular flexibility index (Phi) is 11.2. The number of ether oxygens (including phenoxy) is 2. The highest BCUT2D eigenvalue weighted by molar-refractivity contribution is 8.02. The van der Waals surface area contributed by atoms with E-state index in [9.17, 15) is 9.59 Å².